The van der Waals surface area contributed by atoms with E-state index in [0.29, 0.717) is 17.9 Å². The number of anilines is 2. The fraction of sp³-hybridized carbons (Fsp3) is 0.267. The molecule has 1 aromatic carbocycles. The van der Waals surface area contributed by atoms with E-state index >= 15 is 0 Å². The van der Waals surface area contributed by atoms with Crippen LogP contribution < -0.4 is 11.1 Å². The molecule has 5 heteroatoms. The fourth-order valence-corrected chi connectivity index (χ4v) is 2.64. The molecule has 0 radical (unpaired) electrons. The lowest BCUT2D eigenvalue weighted by atomic mass is 10.1. The van der Waals surface area contributed by atoms with Gasteiger partial charge in [0.15, 0.2) is 0 Å². The molecule has 1 aromatic heterocycles. The fourth-order valence-electron chi connectivity index (χ4n) is 1.91. The Kier molecular flexibility index (Phi) is 4.63. The minimum atomic E-state index is -0.360. The van der Waals surface area contributed by atoms with E-state index in [0.717, 1.165) is 5.69 Å². The van der Waals surface area contributed by atoms with Gasteiger partial charge in [-0.1, -0.05) is 6.07 Å². The van der Waals surface area contributed by atoms with E-state index in [2.05, 4.69) is 18.3 Å². The molecular formula is C15H18N2O2S. The summed E-state index contributed by atoms with van der Waals surface area (Å²) in [6.45, 7) is 4.18. The number of nitrogen functional groups attached to an aromatic ring is 1. The van der Waals surface area contributed by atoms with Crippen molar-refractivity contribution in [1.82, 2.24) is 0 Å². The van der Waals surface area contributed by atoms with Crippen molar-refractivity contribution in [2.24, 2.45) is 0 Å². The molecule has 0 aliphatic heterocycles. The molecule has 1 heterocycles. The van der Waals surface area contributed by atoms with Crippen LogP contribution >= 0.6 is 11.3 Å². The molecule has 0 saturated heterocycles. The quantitative estimate of drug-likeness (QED) is 0.651. The summed E-state index contributed by atoms with van der Waals surface area (Å²) < 4.78 is 5.06. The van der Waals surface area contributed by atoms with E-state index in [1.54, 1.807) is 30.4 Å². The lowest BCUT2D eigenvalue weighted by molar-refractivity contribution is 0.0527. The second-order valence-corrected chi connectivity index (χ2v) is 5.39. The number of nitrogens with two attached hydrogens (primary N) is 1. The predicted molar refractivity (Wildman–Crippen MR) is 83.2 cm³/mol. The number of thiophene rings is 1. The molecule has 0 amide bonds. The van der Waals surface area contributed by atoms with Crippen molar-refractivity contribution in [2.75, 3.05) is 17.7 Å². The SMILES string of the molecule is CCOC(=O)c1cc(N)ccc1NC(C)c1cccs1. The summed E-state index contributed by atoms with van der Waals surface area (Å²) in [5, 5.41) is 5.36. The zero-order valence-electron chi connectivity index (χ0n) is 11.6. The zero-order valence-corrected chi connectivity index (χ0v) is 12.4. The number of rotatable bonds is 5. The van der Waals surface area contributed by atoms with E-state index in [4.69, 9.17) is 10.5 Å². The van der Waals surface area contributed by atoms with Gasteiger partial charge in [-0.3, -0.25) is 0 Å². The van der Waals surface area contributed by atoms with Gasteiger partial charge in [0.25, 0.3) is 0 Å². The van der Waals surface area contributed by atoms with Crippen molar-refractivity contribution in [3.63, 3.8) is 0 Å². The first-order valence-corrected chi connectivity index (χ1v) is 7.36. The first-order valence-electron chi connectivity index (χ1n) is 6.48. The number of carbonyl (C=O) groups excluding carboxylic acids is 1. The summed E-state index contributed by atoms with van der Waals surface area (Å²) >= 11 is 1.67. The van der Waals surface area contributed by atoms with Gasteiger partial charge >= 0.3 is 5.97 Å². The molecule has 2 rings (SSSR count). The predicted octanol–water partition coefficient (Wildman–Crippen LogP) is 3.68. The number of nitrogens with one attached hydrogen (secondary N) is 1. The minimum absolute atomic E-state index is 0.117. The lowest BCUT2D eigenvalue weighted by Gasteiger charge is -2.17. The maximum atomic E-state index is 12.0. The highest BCUT2D eigenvalue weighted by Gasteiger charge is 2.15. The van der Waals surface area contributed by atoms with Crippen LogP contribution in [0.2, 0.25) is 0 Å². The maximum Gasteiger partial charge on any atom is 0.340 e. The summed E-state index contributed by atoms with van der Waals surface area (Å²) in [5.74, 6) is -0.360. The third-order valence-corrected chi connectivity index (χ3v) is 3.94. The number of hydrogen-bond donors (Lipinski definition) is 2. The summed E-state index contributed by atoms with van der Waals surface area (Å²) in [6, 6.07) is 9.41. The Morgan fingerprint density at radius 2 is 2.25 bits per heavy atom. The Balaban J connectivity index is 2.24. The molecule has 20 heavy (non-hydrogen) atoms. The van der Waals surface area contributed by atoms with Gasteiger partial charge in [0.05, 0.1) is 18.2 Å². The topological polar surface area (TPSA) is 64.3 Å². The highest BCUT2D eigenvalue weighted by Crippen LogP contribution is 2.27. The van der Waals surface area contributed by atoms with E-state index in [1.807, 2.05) is 17.5 Å². The molecule has 2 aromatic rings. The number of benzene rings is 1. The van der Waals surface area contributed by atoms with Gasteiger partial charge in [0.1, 0.15) is 0 Å². The van der Waals surface area contributed by atoms with Crippen molar-refractivity contribution in [3.8, 4) is 0 Å². The largest absolute Gasteiger partial charge is 0.462 e. The molecular weight excluding hydrogens is 272 g/mol. The average Bonchev–Trinajstić information content (AvgIpc) is 2.95. The molecule has 0 aliphatic carbocycles. The summed E-state index contributed by atoms with van der Waals surface area (Å²) in [6.07, 6.45) is 0. The number of esters is 1. The van der Waals surface area contributed by atoms with E-state index in [1.165, 1.54) is 4.88 Å². The van der Waals surface area contributed by atoms with Crippen LogP contribution in [0.1, 0.15) is 35.1 Å². The Hall–Kier alpha value is -2.01. The summed E-state index contributed by atoms with van der Waals surface area (Å²) in [4.78, 5) is 13.2. The van der Waals surface area contributed by atoms with Gasteiger partial charge < -0.3 is 15.8 Å². The first kappa shape index (κ1) is 14.4. The van der Waals surface area contributed by atoms with E-state index in [9.17, 15) is 4.79 Å². The van der Waals surface area contributed by atoms with E-state index < -0.39 is 0 Å². The van der Waals surface area contributed by atoms with Crippen LogP contribution in [0.4, 0.5) is 11.4 Å². The molecule has 3 N–H and O–H groups in total. The number of hydrogen-bond acceptors (Lipinski definition) is 5. The maximum absolute atomic E-state index is 12.0. The zero-order chi connectivity index (χ0) is 14.5. The van der Waals surface area contributed by atoms with Gasteiger partial charge in [-0.2, -0.15) is 0 Å². The molecule has 1 atom stereocenters. The van der Waals surface area contributed by atoms with Crippen LogP contribution in [0, 0.1) is 0 Å². The normalized spacial score (nSPS) is 11.9. The number of ether oxygens (including phenoxy) is 1. The van der Waals surface area contributed by atoms with Crippen LogP contribution in [0.5, 0.6) is 0 Å². The van der Waals surface area contributed by atoms with Crippen LogP contribution in [0.3, 0.4) is 0 Å². The summed E-state index contributed by atoms with van der Waals surface area (Å²) in [5.41, 5.74) is 7.50. The molecule has 0 spiro atoms. The molecule has 106 valence electrons. The molecule has 1 unspecified atom stereocenters. The van der Waals surface area contributed by atoms with Crippen molar-refractivity contribution in [3.05, 3.63) is 46.2 Å². The Morgan fingerprint density at radius 3 is 2.90 bits per heavy atom. The molecule has 0 saturated carbocycles. The van der Waals surface area contributed by atoms with Crippen molar-refractivity contribution < 1.29 is 9.53 Å². The third kappa shape index (κ3) is 3.30. The van der Waals surface area contributed by atoms with Gasteiger partial charge in [-0.15, -0.1) is 11.3 Å². The first-order chi connectivity index (χ1) is 9.61. The second kappa shape index (κ2) is 6.43. The van der Waals surface area contributed by atoms with E-state index in [-0.39, 0.29) is 12.0 Å². The van der Waals surface area contributed by atoms with Gasteiger partial charge in [-0.25, -0.2) is 4.79 Å². The smallest absolute Gasteiger partial charge is 0.340 e. The van der Waals surface area contributed by atoms with Gasteiger partial charge in [0, 0.05) is 16.3 Å². The van der Waals surface area contributed by atoms with Crippen LogP contribution in [-0.4, -0.2) is 12.6 Å². The van der Waals surface area contributed by atoms with Crippen molar-refractivity contribution in [1.29, 1.82) is 0 Å². The van der Waals surface area contributed by atoms with Crippen molar-refractivity contribution in [2.45, 2.75) is 19.9 Å². The molecule has 4 nitrogen and oxygen atoms in total. The monoisotopic (exact) mass is 290 g/mol. The molecule has 0 aliphatic rings. The highest BCUT2D eigenvalue weighted by atomic mass is 32.1. The van der Waals surface area contributed by atoms with Gasteiger partial charge in [0.2, 0.25) is 0 Å². The minimum Gasteiger partial charge on any atom is -0.462 e. The molecule has 0 bridgehead atoms. The Labute approximate surface area is 122 Å². The van der Waals surface area contributed by atoms with Crippen LogP contribution in [-0.2, 0) is 4.74 Å². The standard InChI is InChI=1S/C15H18N2O2S/c1-3-19-15(18)12-9-11(16)6-7-13(12)17-10(2)14-5-4-8-20-14/h4-10,17H,3,16H2,1-2H3. The average molecular weight is 290 g/mol. The van der Waals surface area contributed by atoms with Crippen molar-refractivity contribution >= 4 is 28.7 Å². The molecule has 0 fully saturated rings. The Bertz CT molecular complexity index is 582. The highest BCUT2D eigenvalue weighted by molar-refractivity contribution is 7.10. The number of carbonyl (C=O) groups is 1. The third-order valence-electron chi connectivity index (χ3n) is 2.88. The second-order valence-electron chi connectivity index (χ2n) is 4.41. The van der Waals surface area contributed by atoms with Crippen LogP contribution in [0.25, 0.3) is 0 Å². The Morgan fingerprint density at radius 1 is 1.45 bits per heavy atom. The van der Waals surface area contributed by atoms with Gasteiger partial charge in [-0.05, 0) is 43.5 Å². The van der Waals surface area contributed by atoms with Crippen LogP contribution in [0.15, 0.2) is 35.7 Å². The summed E-state index contributed by atoms with van der Waals surface area (Å²) in [7, 11) is 0. The lowest BCUT2D eigenvalue weighted by Crippen LogP contribution is -2.12.